The maximum absolute atomic E-state index is 11.8. The number of rotatable bonds is 5. The van der Waals surface area contributed by atoms with E-state index in [1.165, 1.54) is 50.2 Å². The topological polar surface area (TPSA) is 74.6 Å². The molecule has 3 aromatic rings. The van der Waals surface area contributed by atoms with E-state index < -0.39 is 11.9 Å². The van der Waals surface area contributed by atoms with E-state index in [1.54, 1.807) is 0 Å². The molecule has 166 valence electrons. The Balaban J connectivity index is 1.63. The Morgan fingerprint density at radius 2 is 1.58 bits per heavy atom. The highest BCUT2D eigenvalue weighted by Crippen LogP contribution is 2.31. The number of benzene rings is 3. The van der Waals surface area contributed by atoms with Crippen LogP contribution in [0.4, 0.5) is 0 Å². The summed E-state index contributed by atoms with van der Waals surface area (Å²) in [6.45, 7) is 2.23. The molecule has 2 unspecified atom stereocenters. The highest BCUT2D eigenvalue weighted by molar-refractivity contribution is 5.96. The van der Waals surface area contributed by atoms with Crippen molar-refractivity contribution in [2.75, 3.05) is 0 Å². The summed E-state index contributed by atoms with van der Waals surface area (Å²) < 4.78 is 0. The Kier molecular flexibility index (Phi) is 5.37. The van der Waals surface area contributed by atoms with E-state index in [4.69, 9.17) is 0 Å². The normalized spacial score (nSPS) is 18.2. The molecule has 0 radical (unpaired) electrons. The Morgan fingerprint density at radius 1 is 0.848 bits per heavy atom. The molecule has 0 saturated heterocycles. The zero-order valence-electron chi connectivity index (χ0n) is 18.5. The van der Waals surface area contributed by atoms with Crippen LogP contribution in [-0.2, 0) is 12.8 Å². The van der Waals surface area contributed by atoms with Crippen molar-refractivity contribution in [3.8, 4) is 0 Å². The zero-order chi connectivity index (χ0) is 23.1. The van der Waals surface area contributed by atoms with Crippen molar-refractivity contribution in [2.24, 2.45) is 5.92 Å². The van der Waals surface area contributed by atoms with E-state index in [9.17, 15) is 19.8 Å². The second kappa shape index (κ2) is 8.36. The molecule has 0 amide bonds. The van der Waals surface area contributed by atoms with E-state index in [1.807, 2.05) is 0 Å². The van der Waals surface area contributed by atoms with Gasteiger partial charge in [-0.15, -0.1) is 0 Å². The van der Waals surface area contributed by atoms with Crippen LogP contribution in [0.25, 0.3) is 12.2 Å². The van der Waals surface area contributed by atoms with Crippen LogP contribution in [0.2, 0.25) is 0 Å². The van der Waals surface area contributed by atoms with E-state index >= 15 is 0 Å². The fourth-order valence-electron chi connectivity index (χ4n) is 5.58. The van der Waals surface area contributed by atoms with Gasteiger partial charge in [-0.05, 0) is 81.3 Å². The van der Waals surface area contributed by atoms with E-state index in [0.29, 0.717) is 17.9 Å². The average Bonchev–Trinajstić information content (AvgIpc) is 2.82. The molecule has 33 heavy (non-hydrogen) atoms. The van der Waals surface area contributed by atoms with Crippen LogP contribution in [0.1, 0.15) is 63.1 Å². The summed E-state index contributed by atoms with van der Waals surface area (Å²) >= 11 is 0. The van der Waals surface area contributed by atoms with Crippen molar-refractivity contribution >= 4 is 24.1 Å². The predicted octanol–water partition coefficient (Wildman–Crippen LogP) is 4.24. The lowest BCUT2D eigenvalue weighted by atomic mass is 9.78. The van der Waals surface area contributed by atoms with Gasteiger partial charge < -0.3 is 10.2 Å². The second-order valence-electron chi connectivity index (χ2n) is 8.97. The van der Waals surface area contributed by atoms with Crippen LogP contribution in [0.5, 0.6) is 0 Å². The summed E-state index contributed by atoms with van der Waals surface area (Å²) in [6.07, 6.45) is 7.82. The first-order valence-electron chi connectivity index (χ1n) is 11.5. The van der Waals surface area contributed by atoms with Crippen molar-refractivity contribution in [1.29, 1.82) is 0 Å². The monoisotopic (exact) mass is 438 g/mol. The minimum atomic E-state index is -1.08. The van der Waals surface area contributed by atoms with E-state index in [2.05, 4.69) is 55.5 Å². The first-order valence-corrected chi connectivity index (χ1v) is 11.5. The minimum absolute atomic E-state index is 0.0804. The highest BCUT2D eigenvalue weighted by atomic mass is 16.4. The fourth-order valence-corrected chi connectivity index (χ4v) is 5.58. The number of fused-ring (bicyclic) bond motifs is 4. The van der Waals surface area contributed by atoms with Gasteiger partial charge >= 0.3 is 11.9 Å². The molecule has 4 nitrogen and oxygen atoms in total. The van der Waals surface area contributed by atoms with Gasteiger partial charge in [-0.1, -0.05) is 61.5 Å². The molecule has 0 aromatic heterocycles. The Morgan fingerprint density at radius 3 is 2.27 bits per heavy atom. The summed E-state index contributed by atoms with van der Waals surface area (Å²) in [5.41, 5.74) is 3.37. The summed E-state index contributed by atoms with van der Waals surface area (Å²) in [7, 11) is 0. The van der Waals surface area contributed by atoms with Gasteiger partial charge in [0.25, 0.3) is 0 Å². The second-order valence-corrected chi connectivity index (χ2v) is 8.97. The number of hydrogen-bond donors (Lipinski definition) is 2. The van der Waals surface area contributed by atoms with Crippen LogP contribution >= 0.6 is 0 Å². The lowest BCUT2D eigenvalue weighted by Crippen LogP contribution is -2.26. The fraction of sp³-hybridized carbons (Fsp3) is 0.241. The van der Waals surface area contributed by atoms with Crippen LogP contribution < -0.4 is 10.4 Å². The zero-order valence-corrected chi connectivity index (χ0v) is 18.5. The molecule has 2 N–H and O–H groups in total. The Bertz CT molecular complexity index is 1470. The van der Waals surface area contributed by atoms with Gasteiger partial charge in [0.2, 0.25) is 0 Å². The van der Waals surface area contributed by atoms with Gasteiger partial charge in [-0.25, -0.2) is 9.59 Å². The standard InChI is InChI=1S/C29H26O4/c1-2-18-16-19-6-3-4-7-21(19)23-13-11-20-14-17(10-12-22(20)27(18)23)15-26-24(28(30)31)8-5-9-25(26)29(32)33/h3-9,11,13-14,16-18H,2,10,12,15H2,1H3,(H,30,31)(H,32,33). The summed E-state index contributed by atoms with van der Waals surface area (Å²) in [4.78, 5) is 23.5. The molecule has 5 rings (SSSR count). The lowest BCUT2D eigenvalue weighted by Gasteiger charge is -2.26. The van der Waals surface area contributed by atoms with Crippen molar-refractivity contribution in [3.05, 3.63) is 103 Å². The number of carbonyl (C=O) groups is 2. The van der Waals surface area contributed by atoms with Crippen molar-refractivity contribution in [1.82, 2.24) is 0 Å². The smallest absolute Gasteiger partial charge is 0.335 e. The summed E-state index contributed by atoms with van der Waals surface area (Å²) in [5, 5.41) is 24.3. The number of aromatic carboxylic acids is 2. The number of carboxylic acid groups (broad SMARTS) is 2. The Hall–Kier alpha value is -3.66. The van der Waals surface area contributed by atoms with Gasteiger partial charge in [-0.2, -0.15) is 0 Å². The predicted molar refractivity (Wildman–Crippen MR) is 128 cm³/mol. The largest absolute Gasteiger partial charge is 0.478 e. The molecule has 2 atom stereocenters. The summed E-state index contributed by atoms with van der Waals surface area (Å²) in [5.74, 6) is -1.70. The summed E-state index contributed by atoms with van der Waals surface area (Å²) in [6, 6.07) is 17.4. The van der Waals surface area contributed by atoms with Gasteiger partial charge in [0.05, 0.1) is 11.1 Å². The molecular formula is C29H26O4. The quantitative estimate of drug-likeness (QED) is 0.625. The molecule has 0 fully saturated rings. The maximum atomic E-state index is 11.8. The molecular weight excluding hydrogens is 412 g/mol. The molecule has 0 saturated carbocycles. The average molecular weight is 439 g/mol. The van der Waals surface area contributed by atoms with Gasteiger partial charge in [0, 0.05) is 5.92 Å². The van der Waals surface area contributed by atoms with Crippen LogP contribution in [0, 0.1) is 16.4 Å². The molecule has 4 heteroatoms. The molecule has 3 aromatic carbocycles. The molecule has 2 aliphatic rings. The minimum Gasteiger partial charge on any atom is -0.478 e. The van der Waals surface area contributed by atoms with Crippen LogP contribution in [0.3, 0.4) is 0 Å². The molecule has 0 heterocycles. The Labute approximate surface area is 191 Å². The lowest BCUT2D eigenvalue weighted by molar-refractivity contribution is 0.0695. The van der Waals surface area contributed by atoms with E-state index in [0.717, 1.165) is 19.3 Å². The van der Waals surface area contributed by atoms with Crippen molar-refractivity contribution < 1.29 is 19.8 Å². The van der Waals surface area contributed by atoms with Crippen LogP contribution in [-0.4, -0.2) is 22.2 Å². The van der Waals surface area contributed by atoms with Gasteiger partial charge in [-0.3, -0.25) is 0 Å². The molecule has 2 aliphatic carbocycles. The first kappa shape index (κ1) is 21.2. The third kappa shape index (κ3) is 3.66. The SMILES string of the molecule is CCC1C=c2ccccc2=c2ccc3c(c21)CCC(Cc1c(C(=O)O)cccc1C(=O)O)C=3. The molecule has 0 aliphatic heterocycles. The molecule has 0 spiro atoms. The third-order valence-electron chi connectivity index (χ3n) is 7.12. The third-order valence-corrected chi connectivity index (χ3v) is 7.12. The molecule has 0 bridgehead atoms. The van der Waals surface area contributed by atoms with Gasteiger partial charge in [0.15, 0.2) is 0 Å². The maximum Gasteiger partial charge on any atom is 0.335 e. The first-order chi connectivity index (χ1) is 16.0. The highest BCUT2D eigenvalue weighted by Gasteiger charge is 2.24. The van der Waals surface area contributed by atoms with E-state index in [-0.39, 0.29) is 17.0 Å². The number of hydrogen-bond acceptors (Lipinski definition) is 2. The number of carboxylic acids is 2. The van der Waals surface area contributed by atoms with Crippen LogP contribution in [0.15, 0.2) is 54.6 Å². The van der Waals surface area contributed by atoms with Crippen molar-refractivity contribution in [2.45, 2.75) is 38.5 Å². The van der Waals surface area contributed by atoms with Gasteiger partial charge in [0.1, 0.15) is 0 Å². The van der Waals surface area contributed by atoms with Crippen molar-refractivity contribution in [3.63, 3.8) is 0 Å².